The van der Waals surface area contributed by atoms with E-state index in [0.717, 1.165) is 17.2 Å². The number of imidazole rings is 1. The summed E-state index contributed by atoms with van der Waals surface area (Å²) in [6.45, 7) is 3.27. The molecule has 2 aromatic rings. The fraction of sp³-hybridized carbons (Fsp3) is 0.385. The van der Waals surface area contributed by atoms with E-state index in [-0.39, 0.29) is 0 Å². The minimum atomic E-state index is 0.500. The van der Waals surface area contributed by atoms with Gasteiger partial charge in [-0.05, 0) is 18.6 Å². The number of hydrogen-bond donors (Lipinski definition) is 1. The van der Waals surface area contributed by atoms with Crippen molar-refractivity contribution in [2.75, 3.05) is 11.9 Å². The van der Waals surface area contributed by atoms with Crippen LogP contribution in [-0.4, -0.2) is 21.6 Å². The third kappa shape index (κ3) is 2.36. The lowest BCUT2D eigenvalue weighted by atomic mass is 10.1. The summed E-state index contributed by atoms with van der Waals surface area (Å²) in [6, 6.07) is 1.99. The average molecular weight is 245 g/mol. The van der Waals surface area contributed by atoms with Crippen LogP contribution in [0.3, 0.4) is 0 Å². The second-order valence-corrected chi connectivity index (χ2v) is 4.44. The van der Waals surface area contributed by atoms with E-state index in [2.05, 4.69) is 21.8 Å². The zero-order chi connectivity index (χ0) is 13.1. The molecule has 2 aromatic heterocycles. The van der Waals surface area contributed by atoms with Gasteiger partial charge in [0.2, 0.25) is 0 Å². The molecule has 2 N–H and O–H groups in total. The Labute approximate surface area is 107 Å². The summed E-state index contributed by atoms with van der Waals surface area (Å²) in [6.07, 6.45) is 5.56. The van der Waals surface area contributed by atoms with E-state index in [1.165, 1.54) is 5.56 Å². The molecule has 96 valence electrons. The van der Waals surface area contributed by atoms with E-state index in [0.29, 0.717) is 13.1 Å². The molecule has 18 heavy (non-hydrogen) atoms. The molecule has 5 heteroatoms. The maximum Gasteiger partial charge on any atom is 0.133 e. The van der Waals surface area contributed by atoms with E-state index < -0.39 is 0 Å². The number of rotatable bonds is 4. The SMILES string of the molecule is Cc1ccnc(N(C)Cc2nccn2C)c1CN. The van der Waals surface area contributed by atoms with Crippen LogP contribution in [0.5, 0.6) is 0 Å². The van der Waals surface area contributed by atoms with Crippen molar-refractivity contribution in [3.05, 3.63) is 41.6 Å². The van der Waals surface area contributed by atoms with Gasteiger partial charge in [0.1, 0.15) is 11.6 Å². The molecule has 0 aliphatic carbocycles. The fourth-order valence-electron chi connectivity index (χ4n) is 1.99. The Morgan fingerprint density at radius 2 is 2.11 bits per heavy atom. The van der Waals surface area contributed by atoms with Crippen LogP contribution in [0.2, 0.25) is 0 Å². The first-order valence-electron chi connectivity index (χ1n) is 5.95. The monoisotopic (exact) mass is 245 g/mol. The van der Waals surface area contributed by atoms with Gasteiger partial charge in [0, 0.05) is 44.8 Å². The topological polar surface area (TPSA) is 60.0 Å². The maximum absolute atomic E-state index is 5.81. The third-order valence-electron chi connectivity index (χ3n) is 3.13. The molecule has 0 radical (unpaired) electrons. The summed E-state index contributed by atoms with van der Waals surface area (Å²) in [5.41, 5.74) is 8.07. The Morgan fingerprint density at radius 3 is 2.72 bits per heavy atom. The predicted molar refractivity (Wildman–Crippen MR) is 72.2 cm³/mol. The Bertz CT molecular complexity index is 532. The number of hydrogen-bond acceptors (Lipinski definition) is 4. The Morgan fingerprint density at radius 1 is 1.33 bits per heavy atom. The van der Waals surface area contributed by atoms with Crippen LogP contribution in [0, 0.1) is 6.92 Å². The van der Waals surface area contributed by atoms with Crippen LogP contribution < -0.4 is 10.6 Å². The highest BCUT2D eigenvalue weighted by Gasteiger charge is 2.12. The van der Waals surface area contributed by atoms with Crippen LogP contribution in [0.4, 0.5) is 5.82 Å². The number of nitrogens with two attached hydrogens (primary N) is 1. The number of pyridine rings is 1. The number of aromatic nitrogens is 3. The largest absolute Gasteiger partial charge is 0.352 e. The van der Waals surface area contributed by atoms with E-state index in [1.807, 2.05) is 37.1 Å². The van der Waals surface area contributed by atoms with Gasteiger partial charge in [0.05, 0.1) is 6.54 Å². The second-order valence-electron chi connectivity index (χ2n) is 4.44. The first-order chi connectivity index (χ1) is 8.63. The van der Waals surface area contributed by atoms with Crippen molar-refractivity contribution < 1.29 is 0 Å². The molecule has 0 unspecified atom stereocenters. The fourth-order valence-corrected chi connectivity index (χ4v) is 1.99. The number of anilines is 1. The van der Waals surface area contributed by atoms with Crippen molar-refractivity contribution in [2.45, 2.75) is 20.0 Å². The van der Waals surface area contributed by atoms with E-state index in [9.17, 15) is 0 Å². The van der Waals surface area contributed by atoms with Crippen molar-refractivity contribution in [1.82, 2.24) is 14.5 Å². The standard InChI is InChI=1S/C13H19N5/c1-10-4-5-16-13(11(10)8-14)18(3)9-12-15-6-7-17(12)2/h4-7H,8-9,14H2,1-3H3. The summed E-state index contributed by atoms with van der Waals surface area (Å²) in [4.78, 5) is 10.8. The smallest absolute Gasteiger partial charge is 0.133 e. The Hall–Kier alpha value is -1.88. The minimum absolute atomic E-state index is 0.500. The van der Waals surface area contributed by atoms with Crippen LogP contribution in [-0.2, 0) is 20.1 Å². The lowest BCUT2D eigenvalue weighted by Gasteiger charge is -2.21. The van der Waals surface area contributed by atoms with Gasteiger partial charge >= 0.3 is 0 Å². The molecule has 2 heterocycles. The molecule has 0 aliphatic rings. The van der Waals surface area contributed by atoms with Crippen LogP contribution in [0.1, 0.15) is 17.0 Å². The van der Waals surface area contributed by atoms with Crippen molar-refractivity contribution in [3.63, 3.8) is 0 Å². The minimum Gasteiger partial charge on any atom is -0.352 e. The van der Waals surface area contributed by atoms with Gasteiger partial charge in [0.25, 0.3) is 0 Å². The molecular formula is C13H19N5. The van der Waals surface area contributed by atoms with Crippen molar-refractivity contribution in [3.8, 4) is 0 Å². The van der Waals surface area contributed by atoms with Crippen LogP contribution in [0.15, 0.2) is 24.7 Å². The molecule has 0 saturated heterocycles. The lowest BCUT2D eigenvalue weighted by molar-refractivity contribution is 0.751. The normalized spacial score (nSPS) is 10.7. The number of nitrogens with zero attached hydrogens (tertiary/aromatic N) is 4. The van der Waals surface area contributed by atoms with Crippen molar-refractivity contribution in [1.29, 1.82) is 0 Å². The van der Waals surface area contributed by atoms with Crippen molar-refractivity contribution in [2.24, 2.45) is 12.8 Å². The molecule has 0 atom stereocenters. The molecule has 0 aromatic carbocycles. The highest BCUT2D eigenvalue weighted by Crippen LogP contribution is 2.20. The second kappa shape index (κ2) is 5.18. The van der Waals surface area contributed by atoms with Crippen LogP contribution in [0.25, 0.3) is 0 Å². The van der Waals surface area contributed by atoms with Gasteiger partial charge in [-0.1, -0.05) is 0 Å². The lowest BCUT2D eigenvalue weighted by Crippen LogP contribution is -2.22. The Kier molecular flexibility index (Phi) is 3.62. The van der Waals surface area contributed by atoms with Gasteiger partial charge in [-0.3, -0.25) is 0 Å². The molecular weight excluding hydrogens is 226 g/mol. The number of aryl methyl sites for hydroxylation is 2. The average Bonchev–Trinajstić information content (AvgIpc) is 2.74. The molecule has 0 fully saturated rings. The summed E-state index contributed by atoms with van der Waals surface area (Å²) in [5, 5.41) is 0. The molecule has 0 aliphatic heterocycles. The van der Waals surface area contributed by atoms with E-state index in [1.54, 1.807) is 6.20 Å². The zero-order valence-corrected chi connectivity index (χ0v) is 11.1. The van der Waals surface area contributed by atoms with Crippen molar-refractivity contribution >= 4 is 5.82 Å². The Balaban J connectivity index is 2.26. The highest BCUT2D eigenvalue weighted by molar-refractivity contribution is 5.49. The molecule has 0 bridgehead atoms. The van der Waals surface area contributed by atoms with Gasteiger partial charge < -0.3 is 15.2 Å². The van der Waals surface area contributed by atoms with Gasteiger partial charge in [0.15, 0.2) is 0 Å². The molecule has 0 saturated carbocycles. The summed E-state index contributed by atoms with van der Waals surface area (Å²) < 4.78 is 2.01. The molecule has 0 amide bonds. The van der Waals surface area contributed by atoms with Gasteiger partial charge in [-0.15, -0.1) is 0 Å². The van der Waals surface area contributed by atoms with Gasteiger partial charge in [-0.2, -0.15) is 0 Å². The van der Waals surface area contributed by atoms with E-state index in [4.69, 9.17) is 5.73 Å². The first-order valence-corrected chi connectivity index (χ1v) is 5.95. The molecule has 0 spiro atoms. The molecule has 2 rings (SSSR count). The zero-order valence-electron chi connectivity index (χ0n) is 11.1. The molecule has 5 nitrogen and oxygen atoms in total. The maximum atomic E-state index is 5.81. The van der Waals surface area contributed by atoms with E-state index >= 15 is 0 Å². The highest BCUT2D eigenvalue weighted by atomic mass is 15.2. The summed E-state index contributed by atoms with van der Waals surface area (Å²) in [5.74, 6) is 1.93. The first kappa shape index (κ1) is 12.6. The van der Waals surface area contributed by atoms with Gasteiger partial charge in [-0.25, -0.2) is 9.97 Å². The summed E-state index contributed by atoms with van der Waals surface area (Å²) >= 11 is 0. The summed E-state index contributed by atoms with van der Waals surface area (Å²) in [7, 11) is 4.00. The third-order valence-corrected chi connectivity index (χ3v) is 3.13. The van der Waals surface area contributed by atoms with Crippen LogP contribution >= 0.6 is 0 Å². The predicted octanol–water partition coefficient (Wildman–Crippen LogP) is 1.22. The quantitative estimate of drug-likeness (QED) is 0.880.